The van der Waals surface area contributed by atoms with Crippen molar-refractivity contribution in [2.45, 2.75) is 31.8 Å². The number of aliphatic carboxylic acids is 1. The number of ether oxygens (including phenoxy) is 1. The highest BCUT2D eigenvalue weighted by molar-refractivity contribution is 5.79. The highest BCUT2D eigenvalue weighted by Gasteiger charge is 2.43. The summed E-state index contributed by atoms with van der Waals surface area (Å²) in [7, 11) is 1.65. The third kappa shape index (κ3) is 2.64. The maximum absolute atomic E-state index is 11.2. The van der Waals surface area contributed by atoms with Crippen LogP contribution in [-0.4, -0.2) is 41.7 Å². The second kappa shape index (κ2) is 5.42. The van der Waals surface area contributed by atoms with Gasteiger partial charge >= 0.3 is 5.97 Å². The van der Waals surface area contributed by atoms with Gasteiger partial charge in [-0.15, -0.1) is 0 Å². The van der Waals surface area contributed by atoms with E-state index in [1.807, 2.05) is 19.1 Å². The molecule has 1 saturated heterocycles. The molecule has 0 aromatic heterocycles. The summed E-state index contributed by atoms with van der Waals surface area (Å²) < 4.78 is 5.41. The lowest BCUT2D eigenvalue weighted by molar-refractivity contribution is -0.142. The van der Waals surface area contributed by atoms with E-state index in [-0.39, 0.29) is 6.04 Å². The van der Waals surface area contributed by atoms with Crippen molar-refractivity contribution in [3.8, 4) is 5.75 Å². The minimum atomic E-state index is -1.13. The fourth-order valence-electron chi connectivity index (χ4n) is 2.75. The molecule has 0 aliphatic carbocycles. The lowest BCUT2D eigenvalue weighted by Crippen LogP contribution is -2.50. The van der Waals surface area contributed by atoms with Crippen LogP contribution in [0.5, 0.6) is 5.75 Å². The van der Waals surface area contributed by atoms with Gasteiger partial charge in [0, 0.05) is 24.7 Å². The fraction of sp³-hybridized carbons (Fsp3) is 0.533. The van der Waals surface area contributed by atoms with Crippen LogP contribution in [0, 0.1) is 6.92 Å². The standard InChI is InChI=1S/C15H22N2O3/c1-10-4-5-13(20-3)12(8-10)11(2)17-7-6-15(16,9-17)14(18)19/h4-5,8,11H,6-7,9,16H2,1-3H3,(H,18,19). The Bertz CT molecular complexity index is 518. The normalized spacial score (nSPS) is 24.6. The first-order chi connectivity index (χ1) is 9.37. The molecule has 1 aromatic rings. The van der Waals surface area contributed by atoms with Crippen LogP contribution in [0.15, 0.2) is 18.2 Å². The first-order valence-electron chi connectivity index (χ1n) is 6.78. The predicted molar refractivity (Wildman–Crippen MR) is 76.9 cm³/mol. The van der Waals surface area contributed by atoms with Crippen molar-refractivity contribution in [3.05, 3.63) is 29.3 Å². The van der Waals surface area contributed by atoms with Gasteiger partial charge in [0.05, 0.1) is 7.11 Å². The summed E-state index contributed by atoms with van der Waals surface area (Å²) in [5.74, 6) is -0.101. The van der Waals surface area contributed by atoms with E-state index in [0.29, 0.717) is 19.5 Å². The molecular weight excluding hydrogens is 256 g/mol. The summed E-state index contributed by atoms with van der Waals surface area (Å²) >= 11 is 0. The van der Waals surface area contributed by atoms with Gasteiger partial charge in [-0.3, -0.25) is 9.69 Å². The molecule has 5 heteroatoms. The van der Waals surface area contributed by atoms with Crippen molar-refractivity contribution in [2.75, 3.05) is 20.2 Å². The van der Waals surface area contributed by atoms with Crippen LogP contribution >= 0.6 is 0 Å². The lowest BCUT2D eigenvalue weighted by Gasteiger charge is -2.27. The van der Waals surface area contributed by atoms with Crippen LogP contribution in [0.25, 0.3) is 0 Å². The topological polar surface area (TPSA) is 75.8 Å². The van der Waals surface area contributed by atoms with Crippen LogP contribution in [0.3, 0.4) is 0 Å². The molecule has 2 rings (SSSR count). The second-order valence-electron chi connectivity index (χ2n) is 5.60. The molecule has 3 N–H and O–H groups in total. The molecule has 20 heavy (non-hydrogen) atoms. The Labute approximate surface area is 119 Å². The van der Waals surface area contributed by atoms with E-state index in [0.717, 1.165) is 16.9 Å². The maximum Gasteiger partial charge on any atom is 0.325 e. The molecule has 2 unspecified atom stereocenters. The van der Waals surface area contributed by atoms with E-state index in [9.17, 15) is 9.90 Å². The van der Waals surface area contributed by atoms with Gasteiger partial charge in [0.25, 0.3) is 0 Å². The van der Waals surface area contributed by atoms with Crippen molar-refractivity contribution in [3.63, 3.8) is 0 Å². The number of benzene rings is 1. The molecule has 1 aromatic carbocycles. The van der Waals surface area contributed by atoms with E-state index >= 15 is 0 Å². The zero-order chi connectivity index (χ0) is 14.9. The number of carboxylic acid groups (broad SMARTS) is 1. The molecule has 1 aliphatic rings. The number of carboxylic acids is 1. The molecule has 1 heterocycles. The summed E-state index contributed by atoms with van der Waals surface area (Å²) in [6.45, 7) is 5.14. The van der Waals surface area contributed by atoms with Gasteiger partial charge in [-0.05, 0) is 26.3 Å². The Hall–Kier alpha value is -1.59. The van der Waals surface area contributed by atoms with Crippen molar-refractivity contribution in [1.82, 2.24) is 4.90 Å². The Kier molecular flexibility index (Phi) is 4.01. The molecule has 110 valence electrons. The Morgan fingerprint density at radius 2 is 2.25 bits per heavy atom. The zero-order valence-electron chi connectivity index (χ0n) is 12.2. The molecule has 0 spiro atoms. The summed E-state index contributed by atoms with van der Waals surface area (Å²) in [6.07, 6.45) is 0.473. The quantitative estimate of drug-likeness (QED) is 0.874. The number of hydrogen-bond acceptors (Lipinski definition) is 4. The number of nitrogens with zero attached hydrogens (tertiary/aromatic N) is 1. The highest BCUT2D eigenvalue weighted by atomic mass is 16.5. The fourth-order valence-corrected chi connectivity index (χ4v) is 2.75. The Morgan fingerprint density at radius 3 is 2.80 bits per heavy atom. The molecular formula is C15H22N2O3. The molecule has 1 fully saturated rings. The minimum Gasteiger partial charge on any atom is -0.496 e. The number of methoxy groups -OCH3 is 1. The Morgan fingerprint density at radius 1 is 1.55 bits per heavy atom. The van der Waals surface area contributed by atoms with Crippen LogP contribution < -0.4 is 10.5 Å². The smallest absolute Gasteiger partial charge is 0.325 e. The third-order valence-electron chi connectivity index (χ3n) is 4.14. The van der Waals surface area contributed by atoms with E-state index in [1.54, 1.807) is 7.11 Å². The number of aryl methyl sites for hydroxylation is 1. The van der Waals surface area contributed by atoms with Crippen molar-refractivity contribution in [2.24, 2.45) is 5.73 Å². The maximum atomic E-state index is 11.2. The molecule has 0 saturated carbocycles. The first kappa shape index (κ1) is 14.8. The predicted octanol–water partition coefficient (Wildman–Crippen LogP) is 1.55. The molecule has 5 nitrogen and oxygen atoms in total. The molecule has 1 aliphatic heterocycles. The second-order valence-corrected chi connectivity index (χ2v) is 5.60. The summed E-state index contributed by atoms with van der Waals surface area (Å²) in [4.78, 5) is 13.3. The summed E-state index contributed by atoms with van der Waals surface area (Å²) in [6, 6.07) is 6.11. The first-order valence-corrected chi connectivity index (χ1v) is 6.78. The third-order valence-corrected chi connectivity index (χ3v) is 4.14. The van der Waals surface area contributed by atoms with Crippen LogP contribution in [0.2, 0.25) is 0 Å². The lowest BCUT2D eigenvalue weighted by atomic mass is 10.0. The summed E-state index contributed by atoms with van der Waals surface area (Å²) in [5, 5.41) is 9.21. The van der Waals surface area contributed by atoms with Gasteiger partial charge in [-0.25, -0.2) is 0 Å². The van der Waals surface area contributed by atoms with E-state index < -0.39 is 11.5 Å². The van der Waals surface area contributed by atoms with E-state index in [4.69, 9.17) is 10.5 Å². The van der Waals surface area contributed by atoms with E-state index in [2.05, 4.69) is 17.9 Å². The van der Waals surface area contributed by atoms with Crippen LogP contribution in [0.4, 0.5) is 0 Å². The minimum absolute atomic E-state index is 0.0784. The number of nitrogens with two attached hydrogens (primary N) is 1. The average Bonchev–Trinajstić information content (AvgIpc) is 2.82. The Balaban J connectivity index is 2.23. The van der Waals surface area contributed by atoms with Crippen molar-refractivity contribution < 1.29 is 14.6 Å². The number of rotatable bonds is 4. The average molecular weight is 278 g/mol. The number of likely N-dealkylation sites (tertiary alicyclic amines) is 1. The highest BCUT2D eigenvalue weighted by Crippen LogP contribution is 2.34. The monoisotopic (exact) mass is 278 g/mol. The van der Waals surface area contributed by atoms with Crippen molar-refractivity contribution in [1.29, 1.82) is 0 Å². The van der Waals surface area contributed by atoms with Gasteiger partial charge in [-0.2, -0.15) is 0 Å². The zero-order valence-corrected chi connectivity index (χ0v) is 12.2. The van der Waals surface area contributed by atoms with Gasteiger partial charge < -0.3 is 15.6 Å². The molecule has 0 amide bonds. The molecule has 0 bridgehead atoms. The summed E-state index contributed by atoms with van der Waals surface area (Å²) in [5.41, 5.74) is 7.03. The van der Waals surface area contributed by atoms with Crippen LogP contribution in [-0.2, 0) is 4.79 Å². The number of carbonyl (C=O) groups is 1. The largest absolute Gasteiger partial charge is 0.496 e. The van der Waals surface area contributed by atoms with Gasteiger partial charge in [-0.1, -0.05) is 17.7 Å². The van der Waals surface area contributed by atoms with Gasteiger partial charge in [0.15, 0.2) is 0 Å². The van der Waals surface area contributed by atoms with Crippen molar-refractivity contribution >= 4 is 5.97 Å². The van der Waals surface area contributed by atoms with Gasteiger partial charge in [0.1, 0.15) is 11.3 Å². The van der Waals surface area contributed by atoms with Crippen LogP contribution in [0.1, 0.15) is 30.5 Å². The number of hydrogen-bond donors (Lipinski definition) is 2. The molecule has 2 atom stereocenters. The van der Waals surface area contributed by atoms with Gasteiger partial charge in [0.2, 0.25) is 0 Å². The van der Waals surface area contributed by atoms with E-state index in [1.165, 1.54) is 0 Å². The SMILES string of the molecule is COc1ccc(C)cc1C(C)N1CCC(N)(C(=O)O)C1. The molecule has 0 radical (unpaired) electrons.